The van der Waals surface area contributed by atoms with Crippen LogP contribution in [0.25, 0.3) is 0 Å². The van der Waals surface area contributed by atoms with Gasteiger partial charge in [-0.25, -0.2) is 0 Å². The van der Waals surface area contributed by atoms with Crippen LogP contribution in [-0.2, 0) is 3.07 Å². The van der Waals surface area contributed by atoms with Crippen LogP contribution in [0.3, 0.4) is 0 Å². The van der Waals surface area contributed by atoms with Crippen LogP contribution in [0, 0.1) is 0 Å². The summed E-state index contributed by atoms with van der Waals surface area (Å²) in [6.07, 6.45) is 0. The Labute approximate surface area is 107 Å². The summed E-state index contributed by atoms with van der Waals surface area (Å²) in [5, 5.41) is 0. The van der Waals surface area contributed by atoms with E-state index >= 15 is 0 Å². The fourth-order valence-corrected chi connectivity index (χ4v) is 4.06. The normalized spacial score (nSPS) is 21.9. The molecule has 0 aliphatic carbocycles. The van der Waals surface area contributed by atoms with Gasteiger partial charge in [-0.2, -0.15) is 0 Å². The van der Waals surface area contributed by atoms with Gasteiger partial charge in [0.15, 0.2) is 0 Å². The molecule has 0 aromatic heterocycles. The Morgan fingerprint density at radius 3 is 2.38 bits per heavy atom. The number of hydrogen-bond acceptors (Lipinski definition) is 3. The van der Waals surface area contributed by atoms with E-state index in [0.29, 0.717) is 0 Å². The van der Waals surface area contributed by atoms with Crippen LogP contribution in [0.5, 0.6) is 0 Å². The first-order valence-corrected chi connectivity index (χ1v) is 17.7. The van der Waals surface area contributed by atoms with E-state index in [0.717, 1.165) is 13.2 Å². The van der Waals surface area contributed by atoms with Crippen molar-refractivity contribution in [3.63, 3.8) is 0 Å². The van der Waals surface area contributed by atoms with Crippen molar-refractivity contribution in [2.75, 3.05) is 46.4 Å². The first-order valence-electron chi connectivity index (χ1n) is 4.26. The molecule has 0 saturated carbocycles. The molecule has 0 aromatic carbocycles. The predicted molar refractivity (Wildman–Crippen MR) is 81.9 cm³/mol. The van der Waals surface area contributed by atoms with E-state index in [4.69, 9.17) is 3.07 Å². The van der Waals surface area contributed by atoms with Crippen LogP contribution in [0.1, 0.15) is 0 Å². The Balaban J connectivity index is 2.02. The number of rotatable bonds is 4. The zero-order valence-corrected chi connectivity index (χ0v) is 14.2. The molecule has 1 fully saturated rings. The maximum atomic E-state index is 5.65. The average Bonchev–Trinajstić information content (AvgIpc) is 2.08. The summed E-state index contributed by atoms with van der Waals surface area (Å²) in [5.74, 6) is 0. The second kappa shape index (κ2) is 7.36. The van der Waals surface area contributed by atoms with Crippen molar-refractivity contribution in [2.24, 2.45) is 0 Å². The van der Waals surface area contributed by atoms with Crippen molar-refractivity contribution in [1.29, 1.82) is 0 Å². The van der Waals surface area contributed by atoms with E-state index in [1.807, 2.05) is 0 Å². The molecule has 1 aliphatic heterocycles. The summed E-state index contributed by atoms with van der Waals surface area (Å²) >= 11 is 3.87. The minimum absolute atomic E-state index is 0.931. The fourth-order valence-electron chi connectivity index (χ4n) is 1.29. The van der Waals surface area contributed by atoms with E-state index in [-0.39, 0.29) is 0 Å². The summed E-state index contributed by atoms with van der Waals surface area (Å²) in [7, 11) is 2.19. The quantitative estimate of drug-likeness (QED) is 0.526. The van der Waals surface area contributed by atoms with Crippen molar-refractivity contribution in [3.8, 4) is 0 Å². The SMILES string of the molecule is CN1CCN(CCOI(I)I)CC1. The summed E-state index contributed by atoms with van der Waals surface area (Å²) in [6.45, 7) is 6.87. The summed E-state index contributed by atoms with van der Waals surface area (Å²) in [4.78, 5) is 4.87. The molecule has 0 aromatic rings. The van der Waals surface area contributed by atoms with Gasteiger partial charge in [0.1, 0.15) is 0 Å². The van der Waals surface area contributed by atoms with E-state index in [1.54, 1.807) is 0 Å². The molecule has 3 nitrogen and oxygen atoms in total. The maximum absolute atomic E-state index is 5.65. The van der Waals surface area contributed by atoms with Gasteiger partial charge in [-0.1, -0.05) is 0 Å². The van der Waals surface area contributed by atoms with Gasteiger partial charge >= 0.3 is 109 Å². The van der Waals surface area contributed by atoms with Gasteiger partial charge in [0.05, 0.1) is 0 Å². The van der Waals surface area contributed by atoms with E-state index < -0.39 is 12.3 Å². The molecule has 0 spiro atoms. The predicted octanol–water partition coefficient (Wildman–Crippen LogP) is 2.37. The van der Waals surface area contributed by atoms with Gasteiger partial charge in [-0.3, -0.25) is 0 Å². The number of likely N-dealkylation sites (N-methyl/N-ethyl adjacent to an activating group) is 1. The van der Waals surface area contributed by atoms with Crippen molar-refractivity contribution >= 4 is 49.5 Å². The van der Waals surface area contributed by atoms with Crippen molar-refractivity contribution < 1.29 is 3.07 Å². The summed E-state index contributed by atoms with van der Waals surface area (Å²) < 4.78 is 5.65. The topological polar surface area (TPSA) is 15.7 Å². The standard InChI is InChI=1S/C7H15I3N2O/c1-11-2-4-12(5-3-11)6-7-13-10(8)9/h2-7H2,1H3. The Bertz CT molecular complexity index is 140. The second-order valence-electron chi connectivity index (χ2n) is 3.13. The molecule has 0 radical (unpaired) electrons. The molecule has 0 bridgehead atoms. The molecule has 0 atom stereocenters. The van der Waals surface area contributed by atoms with Crippen LogP contribution < -0.4 is 0 Å². The first-order chi connectivity index (χ1) is 6.18. The molecular weight excluding hydrogens is 509 g/mol. The third-order valence-corrected chi connectivity index (χ3v) is 6.23. The Morgan fingerprint density at radius 2 is 1.85 bits per heavy atom. The van der Waals surface area contributed by atoms with Crippen LogP contribution >= 0.6 is 49.5 Å². The van der Waals surface area contributed by atoms with Crippen molar-refractivity contribution in [2.45, 2.75) is 0 Å². The van der Waals surface area contributed by atoms with Gasteiger partial charge in [-0.15, -0.1) is 0 Å². The average molecular weight is 524 g/mol. The minimum atomic E-state index is -1.00. The molecule has 0 unspecified atom stereocenters. The van der Waals surface area contributed by atoms with Crippen LogP contribution in [0.15, 0.2) is 0 Å². The fraction of sp³-hybridized carbons (Fsp3) is 1.00. The molecule has 1 aliphatic rings. The Hall–Kier alpha value is 2.07. The number of halogens is 3. The zero-order valence-electron chi connectivity index (χ0n) is 7.68. The van der Waals surface area contributed by atoms with Gasteiger partial charge in [0.25, 0.3) is 0 Å². The zero-order chi connectivity index (χ0) is 9.68. The second-order valence-corrected chi connectivity index (χ2v) is 25.1. The molecule has 6 heteroatoms. The Morgan fingerprint density at radius 1 is 1.23 bits per heavy atom. The van der Waals surface area contributed by atoms with Crippen LogP contribution in [0.2, 0.25) is 0 Å². The Kier molecular flexibility index (Phi) is 7.44. The van der Waals surface area contributed by atoms with Gasteiger partial charge in [-0.05, 0) is 0 Å². The van der Waals surface area contributed by atoms with Gasteiger partial charge in [0.2, 0.25) is 0 Å². The molecule has 0 amide bonds. The first kappa shape index (κ1) is 13.1. The number of piperazine rings is 1. The molecule has 80 valence electrons. The number of nitrogens with zero attached hydrogens (tertiary/aromatic N) is 2. The molecule has 1 heterocycles. The molecule has 1 saturated heterocycles. The van der Waals surface area contributed by atoms with E-state index in [2.05, 4.69) is 54.1 Å². The molecule has 1 rings (SSSR count). The van der Waals surface area contributed by atoms with Gasteiger partial charge in [0, 0.05) is 0 Å². The third-order valence-electron chi connectivity index (χ3n) is 2.16. The van der Waals surface area contributed by atoms with Crippen molar-refractivity contribution in [1.82, 2.24) is 9.80 Å². The third kappa shape index (κ3) is 6.28. The summed E-state index contributed by atoms with van der Waals surface area (Å²) in [6, 6.07) is 0. The molecule has 0 N–H and O–H groups in total. The number of hydrogen-bond donors (Lipinski definition) is 0. The van der Waals surface area contributed by atoms with E-state index in [1.165, 1.54) is 26.2 Å². The van der Waals surface area contributed by atoms with Gasteiger partial charge < -0.3 is 0 Å². The summed E-state index contributed by atoms with van der Waals surface area (Å²) in [5.41, 5.74) is 0. The molecular formula is C7H15I3N2O. The monoisotopic (exact) mass is 524 g/mol. The molecule has 13 heavy (non-hydrogen) atoms. The van der Waals surface area contributed by atoms with Crippen LogP contribution in [0.4, 0.5) is 0 Å². The van der Waals surface area contributed by atoms with E-state index in [9.17, 15) is 0 Å². The van der Waals surface area contributed by atoms with Crippen LogP contribution in [-0.4, -0.2) is 56.2 Å². The van der Waals surface area contributed by atoms with Crippen molar-refractivity contribution in [3.05, 3.63) is 0 Å².